The van der Waals surface area contributed by atoms with Gasteiger partial charge < -0.3 is 0 Å². The van der Waals surface area contributed by atoms with Crippen molar-refractivity contribution in [2.24, 2.45) is 5.92 Å². The maximum atomic E-state index is 6.41. The Balaban J connectivity index is 2.44. The van der Waals surface area contributed by atoms with Gasteiger partial charge in [-0.05, 0) is 31.4 Å². The zero-order chi connectivity index (χ0) is 12.4. The summed E-state index contributed by atoms with van der Waals surface area (Å²) in [5.41, 5.74) is 3.19. The Bertz CT molecular complexity index is 500. The summed E-state index contributed by atoms with van der Waals surface area (Å²) in [6.45, 7) is 6.40. The number of rotatable bonds is 3. The van der Waals surface area contributed by atoms with E-state index in [1.165, 1.54) is 0 Å². The van der Waals surface area contributed by atoms with E-state index in [0.29, 0.717) is 5.92 Å². The van der Waals surface area contributed by atoms with E-state index in [9.17, 15) is 0 Å². The van der Waals surface area contributed by atoms with Crippen molar-refractivity contribution in [3.05, 3.63) is 46.7 Å². The first-order chi connectivity index (χ1) is 8.09. The molecule has 0 unspecified atom stereocenters. The van der Waals surface area contributed by atoms with Crippen LogP contribution in [0.5, 0.6) is 0 Å². The summed E-state index contributed by atoms with van der Waals surface area (Å²) in [6, 6.07) is 9.99. The molecule has 17 heavy (non-hydrogen) atoms. The van der Waals surface area contributed by atoms with Crippen LogP contribution in [0.3, 0.4) is 0 Å². The van der Waals surface area contributed by atoms with E-state index in [1.54, 1.807) is 0 Å². The number of nitrogens with zero attached hydrogens (tertiary/aromatic N) is 2. The highest BCUT2D eigenvalue weighted by molar-refractivity contribution is 6.30. The van der Waals surface area contributed by atoms with Crippen LogP contribution >= 0.6 is 11.6 Å². The maximum Gasteiger partial charge on any atom is 0.136 e. The van der Waals surface area contributed by atoms with Crippen LogP contribution in [0, 0.1) is 12.8 Å². The van der Waals surface area contributed by atoms with E-state index in [1.807, 2.05) is 41.9 Å². The second kappa shape index (κ2) is 4.92. The number of halogens is 1. The number of hydrogen-bond acceptors (Lipinski definition) is 1. The van der Waals surface area contributed by atoms with Crippen molar-refractivity contribution in [3.8, 4) is 5.69 Å². The molecule has 0 atom stereocenters. The van der Waals surface area contributed by atoms with Gasteiger partial charge in [-0.3, -0.25) is 0 Å². The largest absolute Gasteiger partial charge is 0.222 e. The molecule has 2 rings (SSSR count). The van der Waals surface area contributed by atoms with E-state index >= 15 is 0 Å². The minimum Gasteiger partial charge on any atom is -0.222 e. The van der Waals surface area contributed by atoms with Crippen LogP contribution in [-0.2, 0) is 6.42 Å². The molecule has 0 saturated heterocycles. The van der Waals surface area contributed by atoms with Crippen LogP contribution in [-0.4, -0.2) is 9.78 Å². The number of benzene rings is 1. The van der Waals surface area contributed by atoms with E-state index in [2.05, 4.69) is 18.9 Å². The summed E-state index contributed by atoms with van der Waals surface area (Å²) < 4.78 is 1.81. The lowest BCUT2D eigenvalue weighted by molar-refractivity contribution is 0.645. The number of aryl methyl sites for hydroxylation is 1. The Morgan fingerprint density at radius 2 is 1.88 bits per heavy atom. The van der Waals surface area contributed by atoms with Crippen LogP contribution in [0.4, 0.5) is 0 Å². The van der Waals surface area contributed by atoms with E-state index in [-0.39, 0.29) is 0 Å². The first-order valence-corrected chi connectivity index (χ1v) is 6.26. The van der Waals surface area contributed by atoms with Gasteiger partial charge in [0.05, 0.1) is 11.4 Å². The zero-order valence-electron chi connectivity index (χ0n) is 10.4. The molecular weight excluding hydrogens is 232 g/mol. The Hall–Kier alpha value is -1.28. The Labute approximate surface area is 107 Å². The molecule has 0 saturated carbocycles. The SMILES string of the molecule is Cc1nn(-c2ccccc2)c(Cl)c1CC(C)C. The minimum atomic E-state index is 0.583. The average Bonchev–Trinajstić information content (AvgIpc) is 2.58. The average molecular weight is 249 g/mol. The smallest absolute Gasteiger partial charge is 0.136 e. The van der Waals surface area contributed by atoms with Crippen LogP contribution in [0.25, 0.3) is 5.69 Å². The van der Waals surface area contributed by atoms with Crippen LogP contribution in [0.2, 0.25) is 5.15 Å². The van der Waals surface area contributed by atoms with Crippen molar-refractivity contribution in [3.63, 3.8) is 0 Å². The fourth-order valence-electron chi connectivity index (χ4n) is 1.91. The minimum absolute atomic E-state index is 0.583. The molecule has 90 valence electrons. The molecular formula is C14H17ClN2. The van der Waals surface area contributed by atoms with E-state index < -0.39 is 0 Å². The molecule has 1 heterocycles. The summed E-state index contributed by atoms with van der Waals surface area (Å²) in [5, 5.41) is 5.26. The molecule has 0 aliphatic rings. The van der Waals surface area contributed by atoms with Gasteiger partial charge in [-0.15, -0.1) is 0 Å². The van der Waals surface area contributed by atoms with Crippen molar-refractivity contribution in [2.75, 3.05) is 0 Å². The maximum absolute atomic E-state index is 6.41. The van der Waals surface area contributed by atoms with Gasteiger partial charge in [0.25, 0.3) is 0 Å². The zero-order valence-corrected chi connectivity index (χ0v) is 11.2. The monoisotopic (exact) mass is 248 g/mol. The summed E-state index contributed by atoms with van der Waals surface area (Å²) >= 11 is 6.41. The number of aromatic nitrogens is 2. The van der Waals surface area contributed by atoms with Crippen molar-refractivity contribution in [2.45, 2.75) is 27.2 Å². The summed E-state index contributed by atoms with van der Waals surface area (Å²) in [7, 11) is 0. The molecule has 0 fully saturated rings. The fraction of sp³-hybridized carbons (Fsp3) is 0.357. The van der Waals surface area contributed by atoms with Gasteiger partial charge >= 0.3 is 0 Å². The van der Waals surface area contributed by atoms with Crippen molar-refractivity contribution < 1.29 is 0 Å². The molecule has 1 aromatic carbocycles. The third-order valence-electron chi connectivity index (χ3n) is 2.73. The number of hydrogen-bond donors (Lipinski definition) is 0. The van der Waals surface area contributed by atoms with Crippen LogP contribution in [0.15, 0.2) is 30.3 Å². The lowest BCUT2D eigenvalue weighted by atomic mass is 10.0. The first kappa shape index (κ1) is 12.2. The molecule has 2 nitrogen and oxygen atoms in total. The fourth-order valence-corrected chi connectivity index (χ4v) is 2.26. The van der Waals surface area contributed by atoms with Gasteiger partial charge in [-0.1, -0.05) is 43.6 Å². The van der Waals surface area contributed by atoms with Crippen molar-refractivity contribution in [1.29, 1.82) is 0 Å². The third kappa shape index (κ3) is 2.52. The number of para-hydroxylation sites is 1. The predicted octanol–water partition coefficient (Wildman–Crippen LogP) is 4.03. The van der Waals surface area contributed by atoms with Gasteiger partial charge in [-0.2, -0.15) is 5.10 Å². The van der Waals surface area contributed by atoms with Gasteiger partial charge in [0, 0.05) is 5.56 Å². The summed E-state index contributed by atoms with van der Waals surface area (Å²) in [6.07, 6.45) is 0.970. The van der Waals surface area contributed by atoms with Crippen molar-refractivity contribution >= 4 is 11.6 Å². The molecule has 2 aromatic rings. The van der Waals surface area contributed by atoms with Gasteiger partial charge in [0.15, 0.2) is 0 Å². The summed E-state index contributed by atoms with van der Waals surface area (Å²) in [5.74, 6) is 0.583. The Kier molecular flexibility index (Phi) is 3.53. The molecule has 0 bridgehead atoms. The summed E-state index contributed by atoms with van der Waals surface area (Å²) in [4.78, 5) is 0. The lowest BCUT2D eigenvalue weighted by Gasteiger charge is -2.05. The lowest BCUT2D eigenvalue weighted by Crippen LogP contribution is -1.97. The van der Waals surface area contributed by atoms with Crippen LogP contribution < -0.4 is 0 Å². The quantitative estimate of drug-likeness (QED) is 0.802. The van der Waals surface area contributed by atoms with E-state index in [4.69, 9.17) is 11.6 Å². The Morgan fingerprint density at radius 3 is 2.47 bits per heavy atom. The molecule has 0 amide bonds. The van der Waals surface area contributed by atoms with Gasteiger partial charge in [0.2, 0.25) is 0 Å². The van der Waals surface area contributed by atoms with Crippen LogP contribution in [0.1, 0.15) is 25.1 Å². The van der Waals surface area contributed by atoms with E-state index in [0.717, 1.165) is 28.5 Å². The predicted molar refractivity (Wildman–Crippen MR) is 71.9 cm³/mol. The molecule has 1 aromatic heterocycles. The standard InChI is InChI=1S/C14H17ClN2/c1-10(2)9-13-11(3)16-17(14(13)15)12-7-5-4-6-8-12/h4-8,10H,9H2,1-3H3. The highest BCUT2D eigenvalue weighted by atomic mass is 35.5. The normalized spacial score (nSPS) is 11.1. The second-order valence-electron chi connectivity index (χ2n) is 4.70. The molecule has 0 aliphatic heterocycles. The first-order valence-electron chi connectivity index (χ1n) is 5.89. The highest BCUT2D eigenvalue weighted by Gasteiger charge is 2.15. The molecule has 0 radical (unpaired) electrons. The molecule has 0 aliphatic carbocycles. The third-order valence-corrected chi connectivity index (χ3v) is 3.12. The van der Waals surface area contributed by atoms with Gasteiger partial charge in [0.1, 0.15) is 5.15 Å². The molecule has 0 N–H and O–H groups in total. The topological polar surface area (TPSA) is 17.8 Å². The second-order valence-corrected chi connectivity index (χ2v) is 5.06. The highest BCUT2D eigenvalue weighted by Crippen LogP contribution is 2.25. The Morgan fingerprint density at radius 1 is 1.24 bits per heavy atom. The van der Waals surface area contributed by atoms with Crippen molar-refractivity contribution in [1.82, 2.24) is 9.78 Å². The molecule has 0 spiro atoms. The van der Waals surface area contributed by atoms with Gasteiger partial charge in [-0.25, -0.2) is 4.68 Å². The molecule has 3 heteroatoms.